The fourth-order valence-electron chi connectivity index (χ4n) is 2.45. The third kappa shape index (κ3) is 3.39. The van der Waals surface area contributed by atoms with Gasteiger partial charge < -0.3 is 10.4 Å². The summed E-state index contributed by atoms with van der Waals surface area (Å²) >= 11 is 0. The minimum Gasteiger partial charge on any atom is -0.396 e. The highest BCUT2D eigenvalue weighted by atomic mass is 16.3. The first-order valence-corrected chi connectivity index (χ1v) is 7.56. The van der Waals surface area contributed by atoms with E-state index in [1.807, 2.05) is 13.0 Å². The summed E-state index contributed by atoms with van der Waals surface area (Å²) < 4.78 is 1.76. The maximum absolute atomic E-state index is 12.4. The Morgan fingerprint density at radius 2 is 2.25 bits per heavy atom. The van der Waals surface area contributed by atoms with Crippen LogP contribution >= 0.6 is 0 Å². The number of aromatic nitrogens is 2. The van der Waals surface area contributed by atoms with Gasteiger partial charge in [0.25, 0.3) is 5.91 Å². The van der Waals surface area contributed by atoms with Crippen molar-refractivity contribution in [3.8, 4) is 0 Å². The van der Waals surface area contributed by atoms with Gasteiger partial charge in [0.05, 0.1) is 5.69 Å². The van der Waals surface area contributed by atoms with Crippen molar-refractivity contribution in [2.75, 3.05) is 6.61 Å². The quantitative estimate of drug-likeness (QED) is 0.801. The Kier molecular flexibility index (Phi) is 4.81. The van der Waals surface area contributed by atoms with Gasteiger partial charge in [-0.15, -0.1) is 0 Å². The van der Waals surface area contributed by atoms with Crippen LogP contribution in [0.5, 0.6) is 0 Å². The number of carbonyl (C=O) groups is 1. The van der Waals surface area contributed by atoms with Crippen LogP contribution in [0.2, 0.25) is 0 Å². The van der Waals surface area contributed by atoms with Gasteiger partial charge in [-0.1, -0.05) is 13.8 Å². The van der Waals surface area contributed by atoms with E-state index >= 15 is 0 Å². The minimum atomic E-state index is -0.0726. The highest BCUT2D eigenvalue weighted by Gasteiger charge is 2.32. The molecular formula is C15H25N3O2. The van der Waals surface area contributed by atoms with Crippen molar-refractivity contribution in [3.63, 3.8) is 0 Å². The van der Waals surface area contributed by atoms with Crippen molar-refractivity contribution in [2.24, 2.45) is 5.92 Å². The molecule has 1 saturated carbocycles. The van der Waals surface area contributed by atoms with Gasteiger partial charge in [-0.3, -0.25) is 9.48 Å². The van der Waals surface area contributed by atoms with Gasteiger partial charge in [0.1, 0.15) is 5.69 Å². The second-order valence-electron chi connectivity index (χ2n) is 5.85. The number of aryl methyl sites for hydroxylation is 1. The van der Waals surface area contributed by atoms with Crippen molar-refractivity contribution in [1.82, 2.24) is 15.1 Å². The van der Waals surface area contributed by atoms with E-state index in [9.17, 15) is 4.79 Å². The summed E-state index contributed by atoms with van der Waals surface area (Å²) in [6.45, 7) is 6.93. The van der Waals surface area contributed by atoms with Crippen LogP contribution in [0.1, 0.15) is 62.1 Å². The van der Waals surface area contributed by atoms with E-state index < -0.39 is 0 Å². The topological polar surface area (TPSA) is 67.2 Å². The Bertz CT molecular complexity index is 464. The number of aliphatic hydroxyl groups is 1. The van der Waals surface area contributed by atoms with Crippen LogP contribution in [0.15, 0.2) is 6.07 Å². The molecule has 5 nitrogen and oxygen atoms in total. The Hall–Kier alpha value is -1.36. The molecule has 1 atom stereocenters. The molecule has 112 valence electrons. The molecular weight excluding hydrogens is 254 g/mol. The maximum atomic E-state index is 12.4. The lowest BCUT2D eigenvalue weighted by atomic mass is 10.1. The molecule has 0 radical (unpaired) electrons. The molecule has 0 bridgehead atoms. The van der Waals surface area contributed by atoms with Crippen LogP contribution in [0.3, 0.4) is 0 Å². The lowest BCUT2D eigenvalue weighted by molar-refractivity contribution is 0.0913. The SMILES string of the molecule is CCn1nc(C(C)C)cc1C(=O)NC(CCO)C1CC1. The van der Waals surface area contributed by atoms with Crippen molar-refractivity contribution in [1.29, 1.82) is 0 Å². The summed E-state index contributed by atoms with van der Waals surface area (Å²) in [6.07, 6.45) is 2.93. The van der Waals surface area contributed by atoms with E-state index in [1.54, 1.807) is 4.68 Å². The monoisotopic (exact) mass is 279 g/mol. The Balaban J connectivity index is 2.11. The predicted molar refractivity (Wildman–Crippen MR) is 77.7 cm³/mol. The minimum absolute atomic E-state index is 0.0726. The number of rotatable bonds is 7. The van der Waals surface area contributed by atoms with Crippen molar-refractivity contribution in [3.05, 3.63) is 17.5 Å². The third-order valence-corrected chi connectivity index (χ3v) is 3.87. The van der Waals surface area contributed by atoms with E-state index in [2.05, 4.69) is 24.3 Å². The molecule has 1 aromatic heterocycles. The van der Waals surface area contributed by atoms with Crippen LogP contribution in [0, 0.1) is 5.92 Å². The zero-order valence-electron chi connectivity index (χ0n) is 12.6. The molecule has 5 heteroatoms. The first-order chi connectivity index (χ1) is 9.56. The van der Waals surface area contributed by atoms with Crippen molar-refractivity contribution in [2.45, 2.75) is 58.5 Å². The van der Waals surface area contributed by atoms with E-state index in [1.165, 1.54) is 0 Å². The largest absolute Gasteiger partial charge is 0.396 e. The molecule has 20 heavy (non-hydrogen) atoms. The highest BCUT2D eigenvalue weighted by molar-refractivity contribution is 5.93. The summed E-state index contributed by atoms with van der Waals surface area (Å²) in [6, 6.07) is 1.97. The molecule has 0 aliphatic heterocycles. The number of carbonyl (C=O) groups excluding carboxylic acids is 1. The van der Waals surface area contributed by atoms with Crippen LogP contribution in [-0.4, -0.2) is 33.4 Å². The molecule has 1 aliphatic rings. The van der Waals surface area contributed by atoms with Crippen molar-refractivity contribution < 1.29 is 9.90 Å². The zero-order chi connectivity index (χ0) is 14.7. The Labute approximate surface area is 120 Å². The van der Waals surface area contributed by atoms with Gasteiger partial charge in [-0.2, -0.15) is 5.10 Å². The summed E-state index contributed by atoms with van der Waals surface area (Å²) in [5.74, 6) is 0.774. The highest BCUT2D eigenvalue weighted by Crippen LogP contribution is 2.34. The molecule has 2 N–H and O–H groups in total. The van der Waals surface area contributed by atoms with Gasteiger partial charge in [0, 0.05) is 19.2 Å². The molecule has 1 amide bonds. The Morgan fingerprint density at radius 3 is 2.75 bits per heavy atom. The van der Waals surface area contributed by atoms with Crippen LogP contribution in [0.25, 0.3) is 0 Å². The van der Waals surface area contributed by atoms with E-state index in [0.29, 0.717) is 30.5 Å². The molecule has 1 aromatic rings. The molecule has 1 aliphatic carbocycles. The summed E-state index contributed by atoms with van der Waals surface area (Å²) in [5, 5.41) is 16.6. The Morgan fingerprint density at radius 1 is 1.55 bits per heavy atom. The van der Waals surface area contributed by atoms with Crippen LogP contribution in [-0.2, 0) is 6.54 Å². The first-order valence-electron chi connectivity index (χ1n) is 7.56. The molecule has 0 spiro atoms. The van der Waals surface area contributed by atoms with Gasteiger partial charge in [0.15, 0.2) is 0 Å². The second kappa shape index (κ2) is 6.39. The number of nitrogens with zero attached hydrogens (tertiary/aromatic N) is 2. The van der Waals surface area contributed by atoms with E-state index in [-0.39, 0.29) is 18.6 Å². The molecule has 1 unspecified atom stereocenters. The van der Waals surface area contributed by atoms with Gasteiger partial charge >= 0.3 is 0 Å². The molecule has 0 saturated heterocycles. The zero-order valence-corrected chi connectivity index (χ0v) is 12.6. The molecule has 2 rings (SSSR count). The molecule has 1 heterocycles. The second-order valence-corrected chi connectivity index (χ2v) is 5.85. The summed E-state index contributed by atoms with van der Waals surface area (Å²) in [7, 11) is 0. The van der Waals surface area contributed by atoms with Crippen LogP contribution < -0.4 is 5.32 Å². The molecule has 1 fully saturated rings. The standard InChI is InChI=1S/C15H25N3O2/c1-4-18-14(9-13(17-18)10(2)3)15(20)16-12(7-8-19)11-5-6-11/h9-12,19H,4-8H2,1-3H3,(H,16,20). The number of aliphatic hydroxyl groups excluding tert-OH is 1. The third-order valence-electron chi connectivity index (χ3n) is 3.87. The fourth-order valence-corrected chi connectivity index (χ4v) is 2.45. The first kappa shape index (κ1) is 15.0. The number of amides is 1. The van der Waals surface area contributed by atoms with Gasteiger partial charge in [-0.05, 0) is 44.1 Å². The smallest absolute Gasteiger partial charge is 0.269 e. The number of hydrogen-bond acceptors (Lipinski definition) is 3. The average molecular weight is 279 g/mol. The average Bonchev–Trinajstić information content (AvgIpc) is 3.16. The van der Waals surface area contributed by atoms with Gasteiger partial charge in [-0.25, -0.2) is 0 Å². The predicted octanol–water partition coefficient (Wildman–Crippen LogP) is 1.92. The fraction of sp³-hybridized carbons (Fsp3) is 0.733. The van der Waals surface area contributed by atoms with E-state index in [0.717, 1.165) is 18.5 Å². The lowest BCUT2D eigenvalue weighted by Crippen LogP contribution is -2.38. The van der Waals surface area contributed by atoms with Crippen LogP contribution in [0.4, 0.5) is 0 Å². The van der Waals surface area contributed by atoms with Crippen molar-refractivity contribution >= 4 is 5.91 Å². The normalized spacial score (nSPS) is 16.4. The van der Waals surface area contributed by atoms with E-state index in [4.69, 9.17) is 5.11 Å². The molecule has 0 aromatic carbocycles. The summed E-state index contributed by atoms with van der Waals surface area (Å²) in [5.41, 5.74) is 1.57. The summed E-state index contributed by atoms with van der Waals surface area (Å²) in [4.78, 5) is 12.4. The number of nitrogens with one attached hydrogen (secondary N) is 1. The number of hydrogen-bond donors (Lipinski definition) is 2. The van der Waals surface area contributed by atoms with Gasteiger partial charge in [0.2, 0.25) is 0 Å². The maximum Gasteiger partial charge on any atom is 0.269 e. The lowest BCUT2D eigenvalue weighted by Gasteiger charge is -2.17.